The van der Waals surface area contributed by atoms with Gasteiger partial charge < -0.3 is 15.3 Å². The second-order valence-corrected chi connectivity index (χ2v) is 6.81. The Morgan fingerprint density at radius 1 is 1.50 bits per heavy atom. The van der Waals surface area contributed by atoms with Gasteiger partial charge >= 0.3 is 12.0 Å². The van der Waals surface area contributed by atoms with Crippen LogP contribution >= 0.6 is 11.8 Å². The van der Waals surface area contributed by atoms with Crippen molar-refractivity contribution in [3.05, 3.63) is 0 Å². The second-order valence-electron chi connectivity index (χ2n) is 5.53. The molecular formula is C14H26N2O3S. The Morgan fingerprint density at radius 3 is 2.75 bits per heavy atom. The van der Waals surface area contributed by atoms with Crippen LogP contribution in [0.4, 0.5) is 4.79 Å². The van der Waals surface area contributed by atoms with Crippen LogP contribution in [-0.4, -0.2) is 53.1 Å². The zero-order valence-electron chi connectivity index (χ0n) is 12.6. The molecule has 2 unspecified atom stereocenters. The molecule has 5 nitrogen and oxygen atoms in total. The number of carboxylic acids is 1. The van der Waals surface area contributed by atoms with E-state index in [-0.39, 0.29) is 6.03 Å². The van der Waals surface area contributed by atoms with Crippen molar-refractivity contribution < 1.29 is 14.7 Å². The van der Waals surface area contributed by atoms with E-state index in [1.54, 1.807) is 16.7 Å². The van der Waals surface area contributed by atoms with Gasteiger partial charge in [0, 0.05) is 24.9 Å². The van der Waals surface area contributed by atoms with E-state index in [1.807, 2.05) is 6.92 Å². The number of nitrogens with one attached hydrogen (secondary N) is 1. The Labute approximate surface area is 125 Å². The molecule has 0 spiro atoms. The van der Waals surface area contributed by atoms with E-state index in [9.17, 15) is 14.7 Å². The predicted octanol–water partition coefficient (Wildman–Crippen LogP) is 2.41. The average molecular weight is 302 g/mol. The summed E-state index contributed by atoms with van der Waals surface area (Å²) in [5, 5.41) is 12.8. The Morgan fingerprint density at radius 2 is 2.20 bits per heavy atom. The summed E-state index contributed by atoms with van der Waals surface area (Å²) in [5.41, 5.74) is -0.762. The van der Waals surface area contributed by atoms with E-state index in [1.165, 1.54) is 0 Å². The number of piperidine rings is 1. The molecule has 0 saturated carbocycles. The number of hydrogen-bond donors (Lipinski definition) is 2. The van der Waals surface area contributed by atoms with Gasteiger partial charge in [-0.25, -0.2) is 4.79 Å². The molecule has 2 amide bonds. The lowest BCUT2D eigenvalue weighted by molar-refractivity contribution is -0.152. The van der Waals surface area contributed by atoms with Gasteiger partial charge in [-0.15, -0.1) is 0 Å². The van der Waals surface area contributed by atoms with E-state index in [0.717, 1.165) is 12.8 Å². The lowest BCUT2D eigenvalue weighted by Crippen LogP contribution is -2.52. The van der Waals surface area contributed by atoms with Gasteiger partial charge in [0.1, 0.15) is 0 Å². The van der Waals surface area contributed by atoms with Crippen molar-refractivity contribution in [3.8, 4) is 0 Å². The standard InChI is InChI=1S/C14H26N2O3S/c1-4-14(12(17)18)7-5-9-16(10-14)13(19)15-8-6-11(2)20-3/h11H,4-10H2,1-3H3,(H,15,19)(H,17,18). The molecule has 1 rings (SSSR count). The van der Waals surface area contributed by atoms with Crippen LogP contribution in [0.25, 0.3) is 0 Å². The third kappa shape index (κ3) is 4.30. The van der Waals surface area contributed by atoms with E-state index >= 15 is 0 Å². The van der Waals surface area contributed by atoms with E-state index in [0.29, 0.717) is 37.7 Å². The quantitative estimate of drug-likeness (QED) is 0.790. The van der Waals surface area contributed by atoms with Crippen LogP contribution in [0.2, 0.25) is 0 Å². The molecule has 1 aliphatic heterocycles. The molecule has 6 heteroatoms. The summed E-state index contributed by atoms with van der Waals surface area (Å²) in [6, 6.07) is -0.128. The molecule has 2 atom stereocenters. The van der Waals surface area contributed by atoms with Crippen LogP contribution in [0, 0.1) is 5.41 Å². The van der Waals surface area contributed by atoms with Crippen molar-refractivity contribution in [3.63, 3.8) is 0 Å². The fourth-order valence-corrected chi connectivity index (χ4v) is 2.89. The SMILES string of the molecule is CCC1(C(=O)O)CCCN(C(=O)NCCC(C)SC)C1. The number of carbonyl (C=O) groups is 2. The maximum atomic E-state index is 12.1. The highest BCUT2D eigenvalue weighted by atomic mass is 32.2. The van der Waals surface area contributed by atoms with Gasteiger partial charge in [-0.3, -0.25) is 4.79 Å². The van der Waals surface area contributed by atoms with Gasteiger partial charge in [0.05, 0.1) is 5.41 Å². The number of likely N-dealkylation sites (tertiary alicyclic amines) is 1. The average Bonchev–Trinajstić information content (AvgIpc) is 2.46. The highest BCUT2D eigenvalue weighted by molar-refractivity contribution is 7.99. The zero-order chi connectivity index (χ0) is 15.2. The van der Waals surface area contributed by atoms with E-state index in [2.05, 4.69) is 18.5 Å². The van der Waals surface area contributed by atoms with Crippen LogP contribution < -0.4 is 5.32 Å². The number of hydrogen-bond acceptors (Lipinski definition) is 3. The summed E-state index contributed by atoms with van der Waals surface area (Å²) >= 11 is 1.78. The smallest absolute Gasteiger partial charge is 0.317 e. The minimum absolute atomic E-state index is 0.128. The molecule has 0 bridgehead atoms. The molecule has 0 aromatic heterocycles. The normalized spacial score (nSPS) is 24.2. The van der Waals surface area contributed by atoms with Gasteiger partial charge in [0.25, 0.3) is 0 Å². The molecule has 0 aromatic rings. The zero-order valence-corrected chi connectivity index (χ0v) is 13.5. The number of thioether (sulfide) groups is 1. The van der Waals surface area contributed by atoms with Gasteiger partial charge in [0.2, 0.25) is 0 Å². The second kappa shape index (κ2) is 7.76. The summed E-state index contributed by atoms with van der Waals surface area (Å²) in [6.07, 6.45) is 4.97. The number of amides is 2. The Balaban J connectivity index is 2.50. The summed E-state index contributed by atoms with van der Waals surface area (Å²) in [5.74, 6) is -0.784. The fourth-order valence-electron chi connectivity index (χ4n) is 2.53. The van der Waals surface area contributed by atoms with Crippen LogP contribution in [0.1, 0.15) is 39.5 Å². The first-order valence-corrected chi connectivity index (χ1v) is 8.53. The molecule has 0 aliphatic carbocycles. The maximum Gasteiger partial charge on any atom is 0.317 e. The number of urea groups is 1. The van der Waals surface area contributed by atoms with Gasteiger partial charge in [-0.05, 0) is 31.9 Å². The number of carbonyl (C=O) groups excluding carboxylic acids is 1. The van der Waals surface area contributed by atoms with Crippen molar-refractivity contribution in [2.45, 2.75) is 44.8 Å². The Hall–Kier alpha value is -0.910. The van der Waals surface area contributed by atoms with Crippen molar-refractivity contribution in [2.75, 3.05) is 25.9 Å². The summed E-state index contributed by atoms with van der Waals surface area (Å²) in [6.45, 7) is 5.63. The molecule has 1 heterocycles. The Kier molecular flexibility index (Phi) is 6.65. The van der Waals surface area contributed by atoms with Crippen LogP contribution in [0.15, 0.2) is 0 Å². The number of carboxylic acid groups (broad SMARTS) is 1. The molecule has 0 radical (unpaired) electrons. The monoisotopic (exact) mass is 302 g/mol. The topological polar surface area (TPSA) is 69.6 Å². The predicted molar refractivity (Wildman–Crippen MR) is 82.2 cm³/mol. The highest BCUT2D eigenvalue weighted by Gasteiger charge is 2.42. The molecule has 116 valence electrons. The van der Waals surface area contributed by atoms with Crippen molar-refractivity contribution in [1.82, 2.24) is 10.2 Å². The molecule has 1 saturated heterocycles. The van der Waals surface area contributed by atoms with Crippen molar-refractivity contribution >= 4 is 23.8 Å². The van der Waals surface area contributed by atoms with Gasteiger partial charge in [0.15, 0.2) is 0 Å². The van der Waals surface area contributed by atoms with Crippen LogP contribution in [0.5, 0.6) is 0 Å². The first kappa shape index (κ1) is 17.1. The Bertz CT molecular complexity index is 351. The van der Waals surface area contributed by atoms with E-state index < -0.39 is 11.4 Å². The first-order chi connectivity index (χ1) is 9.45. The number of rotatable bonds is 6. The van der Waals surface area contributed by atoms with E-state index in [4.69, 9.17) is 0 Å². The van der Waals surface area contributed by atoms with Crippen molar-refractivity contribution in [1.29, 1.82) is 0 Å². The van der Waals surface area contributed by atoms with Crippen LogP contribution in [-0.2, 0) is 4.79 Å². The minimum Gasteiger partial charge on any atom is -0.481 e. The highest BCUT2D eigenvalue weighted by Crippen LogP contribution is 2.33. The third-order valence-electron chi connectivity index (χ3n) is 4.22. The fraction of sp³-hybridized carbons (Fsp3) is 0.857. The summed E-state index contributed by atoms with van der Waals surface area (Å²) < 4.78 is 0. The molecule has 0 aromatic carbocycles. The first-order valence-electron chi connectivity index (χ1n) is 7.24. The summed E-state index contributed by atoms with van der Waals surface area (Å²) in [7, 11) is 0. The van der Waals surface area contributed by atoms with Gasteiger partial charge in [-0.1, -0.05) is 13.8 Å². The van der Waals surface area contributed by atoms with Gasteiger partial charge in [-0.2, -0.15) is 11.8 Å². The molecule has 2 N–H and O–H groups in total. The largest absolute Gasteiger partial charge is 0.481 e. The van der Waals surface area contributed by atoms with Crippen LogP contribution in [0.3, 0.4) is 0 Å². The molecule has 1 fully saturated rings. The lowest BCUT2D eigenvalue weighted by atomic mass is 9.78. The molecular weight excluding hydrogens is 276 g/mol. The number of nitrogens with zero attached hydrogens (tertiary/aromatic N) is 1. The minimum atomic E-state index is -0.784. The summed E-state index contributed by atoms with van der Waals surface area (Å²) in [4.78, 5) is 25.2. The maximum absolute atomic E-state index is 12.1. The molecule has 20 heavy (non-hydrogen) atoms. The lowest BCUT2D eigenvalue weighted by Gasteiger charge is -2.39. The molecule has 1 aliphatic rings. The third-order valence-corrected chi connectivity index (χ3v) is 5.26. The number of aliphatic carboxylic acids is 1. The van der Waals surface area contributed by atoms with Crippen molar-refractivity contribution in [2.24, 2.45) is 5.41 Å².